The highest BCUT2D eigenvalue weighted by molar-refractivity contribution is 6.31. The van der Waals surface area contributed by atoms with Crippen molar-refractivity contribution in [2.24, 2.45) is 11.3 Å². The highest BCUT2D eigenvalue weighted by Gasteiger charge is 2.27. The summed E-state index contributed by atoms with van der Waals surface area (Å²) in [5, 5.41) is 8.78. The van der Waals surface area contributed by atoms with Crippen LogP contribution in [0.1, 0.15) is 46.0 Å². The Morgan fingerprint density at radius 1 is 1.32 bits per heavy atom. The van der Waals surface area contributed by atoms with Gasteiger partial charge in [-0.05, 0) is 44.7 Å². The van der Waals surface area contributed by atoms with Gasteiger partial charge in [0.15, 0.2) is 0 Å². The monoisotopic (exact) mass is 285 g/mol. The molecule has 1 aromatic heterocycles. The minimum Gasteiger partial charge on any atom is -0.319 e. The van der Waals surface area contributed by atoms with E-state index in [4.69, 9.17) is 11.6 Å². The lowest BCUT2D eigenvalue weighted by molar-refractivity contribution is 0.231. The fourth-order valence-corrected chi connectivity index (χ4v) is 2.72. The quantitative estimate of drug-likeness (QED) is 0.866. The lowest BCUT2D eigenvalue weighted by Crippen LogP contribution is -2.32. The van der Waals surface area contributed by atoms with Gasteiger partial charge in [0.05, 0.1) is 16.4 Å². The van der Waals surface area contributed by atoms with Crippen LogP contribution < -0.4 is 5.32 Å². The van der Waals surface area contributed by atoms with Crippen molar-refractivity contribution in [2.75, 3.05) is 13.6 Å². The first kappa shape index (κ1) is 16.5. The van der Waals surface area contributed by atoms with Crippen LogP contribution in [0.2, 0.25) is 5.02 Å². The molecule has 3 nitrogen and oxygen atoms in total. The van der Waals surface area contributed by atoms with Gasteiger partial charge in [-0.2, -0.15) is 5.10 Å². The molecule has 0 bridgehead atoms. The first-order valence-corrected chi connectivity index (χ1v) is 7.61. The Bertz CT molecular complexity index is 404. The third-order valence-corrected chi connectivity index (χ3v) is 4.25. The van der Waals surface area contributed by atoms with Crippen LogP contribution in [-0.2, 0) is 19.4 Å². The van der Waals surface area contributed by atoms with Crippen molar-refractivity contribution in [3.63, 3.8) is 0 Å². The summed E-state index contributed by atoms with van der Waals surface area (Å²) in [7, 11) is 2.01. The van der Waals surface area contributed by atoms with Gasteiger partial charge in [-0.1, -0.05) is 39.3 Å². The van der Waals surface area contributed by atoms with Crippen molar-refractivity contribution < 1.29 is 0 Å². The highest BCUT2D eigenvalue weighted by atomic mass is 35.5. The van der Waals surface area contributed by atoms with Crippen molar-refractivity contribution in [2.45, 2.75) is 54.0 Å². The summed E-state index contributed by atoms with van der Waals surface area (Å²) >= 11 is 6.50. The van der Waals surface area contributed by atoms with Crippen LogP contribution >= 0.6 is 11.6 Å². The van der Waals surface area contributed by atoms with Gasteiger partial charge in [-0.15, -0.1) is 0 Å². The van der Waals surface area contributed by atoms with E-state index in [-0.39, 0.29) is 5.41 Å². The molecule has 0 fully saturated rings. The summed E-state index contributed by atoms with van der Waals surface area (Å²) in [6.07, 6.45) is 1.87. The summed E-state index contributed by atoms with van der Waals surface area (Å²) in [4.78, 5) is 0. The molecule has 0 saturated carbocycles. The van der Waals surface area contributed by atoms with E-state index in [0.29, 0.717) is 5.92 Å². The van der Waals surface area contributed by atoms with Crippen LogP contribution in [0.4, 0.5) is 0 Å². The van der Waals surface area contributed by atoms with Gasteiger partial charge in [0, 0.05) is 6.54 Å². The van der Waals surface area contributed by atoms with E-state index in [1.54, 1.807) is 0 Å². The van der Waals surface area contributed by atoms with E-state index < -0.39 is 0 Å². The van der Waals surface area contributed by atoms with E-state index in [0.717, 1.165) is 36.6 Å². The minimum atomic E-state index is 0.252. The Balaban J connectivity index is 3.05. The number of hydrogen-bond donors (Lipinski definition) is 1. The summed E-state index contributed by atoms with van der Waals surface area (Å²) in [5.74, 6) is 0.543. The van der Waals surface area contributed by atoms with Crippen molar-refractivity contribution in [3.8, 4) is 0 Å². The summed E-state index contributed by atoms with van der Waals surface area (Å²) in [6, 6.07) is 0. The molecule has 19 heavy (non-hydrogen) atoms. The van der Waals surface area contributed by atoms with Crippen LogP contribution in [0, 0.1) is 11.3 Å². The molecule has 0 aliphatic heterocycles. The first-order valence-electron chi connectivity index (χ1n) is 7.23. The maximum absolute atomic E-state index is 6.50. The van der Waals surface area contributed by atoms with E-state index in [1.807, 2.05) is 7.05 Å². The molecule has 0 amide bonds. The number of aryl methyl sites for hydroxylation is 2. The number of nitrogens with one attached hydrogen (secondary N) is 1. The molecule has 0 aromatic carbocycles. The number of nitrogens with zero attached hydrogens (tertiary/aromatic N) is 2. The summed E-state index contributed by atoms with van der Waals surface area (Å²) in [6.45, 7) is 13.0. The van der Waals surface area contributed by atoms with E-state index in [1.165, 1.54) is 5.69 Å². The molecule has 0 aliphatic carbocycles. The molecule has 0 aliphatic rings. The van der Waals surface area contributed by atoms with Gasteiger partial charge < -0.3 is 5.32 Å². The standard InChI is InChI=1S/C15H28ClN3/c1-7-12-14(16)13(19(8-2)18-12)9-11(10-17-6)15(3,4)5/h11,17H,7-10H2,1-6H3. The van der Waals surface area contributed by atoms with Gasteiger partial charge in [0.2, 0.25) is 0 Å². The topological polar surface area (TPSA) is 29.9 Å². The van der Waals surface area contributed by atoms with E-state index in [9.17, 15) is 0 Å². The predicted octanol–water partition coefficient (Wildman–Crippen LogP) is 3.54. The maximum atomic E-state index is 6.50. The molecule has 110 valence electrons. The molecular formula is C15H28ClN3. The second-order valence-electron chi connectivity index (χ2n) is 6.20. The van der Waals surface area contributed by atoms with Gasteiger partial charge in [-0.25, -0.2) is 0 Å². The van der Waals surface area contributed by atoms with Gasteiger partial charge in [0.1, 0.15) is 0 Å². The first-order chi connectivity index (χ1) is 8.85. The smallest absolute Gasteiger partial charge is 0.0849 e. The average Bonchev–Trinajstić information content (AvgIpc) is 2.64. The second kappa shape index (κ2) is 6.76. The van der Waals surface area contributed by atoms with Crippen molar-refractivity contribution in [1.82, 2.24) is 15.1 Å². The predicted molar refractivity (Wildman–Crippen MR) is 82.9 cm³/mol. The van der Waals surface area contributed by atoms with Crippen LogP contribution in [0.15, 0.2) is 0 Å². The van der Waals surface area contributed by atoms with Crippen molar-refractivity contribution in [1.29, 1.82) is 0 Å². The zero-order valence-corrected chi connectivity index (χ0v) is 13.9. The highest BCUT2D eigenvalue weighted by Crippen LogP contribution is 2.32. The fourth-order valence-electron chi connectivity index (χ4n) is 2.38. The van der Waals surface area contributed by atoms with Crippen molar-refractivity contribution >= 4 is 11.6 Å². The lowest BCUT2D eigenvalue weighted by Gasteiger charge is -2.31. The van der Waals surface area contributed by atoms with E-state index >= 15 is 0 Å². The number of rotatable bonds is 6. The summed E-state index contributed by atoms with van der Waals surface area (Å²) in [5.41, 5.74) is 2.47. The van der Waals surface area contributed by atoms with Crippen molar-refractivity contribution in [3.05, 3.63) is 16.4 Å². The molecule has 4 heteroatoms. The Labute approximate surface area is 122 Å². The van der Waals surface area contributed by atoms with Gasteiger partial charge >= 0.3 is 0 Å². The molecule has 0 spiro atoms. The summed E-state index contributed by atoms with van der Waals surface area (Å²) < 4.78 is 2.07. The fraction of sp³-hybridized carbons (Fsp3) is 0.800. The molecule has 0 saturated heterocycles. The lowest BCUT2D eigenvalue weighted by atomic mass is 9.78. The zero-order valence-electron chi connectivity index (χ0n) is 13.2. The van der Waals surface area contributed by atoms with E-state index in [2.05, 4.69) is 49.7 Å². The van der Waals surface area contributed by atoms with Crippen LogP contribution in [0.5, 0.6) is 0 Å². The Morgan fingerprint density at radius 2 is 1.95 bits per heavy atom. The molecular weight excluding hydrogens is 258 g/mol. The van der Waals surface area contributed by atoms with Gasteiger partial charge in [-0.3, -0.25) is 4.68 Å². The number of aromatic nitrogens is 2. The normalized spacial score (nSPS) is 13.8. The second-order valence-corrected chi connectivity index (χ2v) is 6.58. The zero-order chi connectivity index (χ0) is 14.6. The minimum absolute atomic E-state index is 0.252. The molecule has 1 unspecified atom stereocenters. The molecule has 1 atom stereocenters. The third kappa shape index (κ3) is 3.96. The number of hydrogen-bond acceptors (Lipinski definition) is 2. The molecule has 1 heterocycles. The Morgan fingerprint density at radius 3 is 2.37 bits per heavy atom. The molecule has 1 N–H and O–H groups in total. The average molecular weight is 286 g/mol. The Kier molecular flexibility index (Phi) is 5.87. The third-order valence-electron chi connectivity index (χ3n) is 3.81. The Hall–Kier alpha value is -0.540. The van der Waals surface area contributed by atoms with Crippen LogP contribution in [-0.4, -0.2) is 23.4 Å². The van der Waals surface area contributed by atoms with Crippen LogP contribution in [0.25, 0.3) is 0 Å². The van der Waals surface area contributed by atoms with Gasteiger partial charge in [0.25, 0.3) is 0 Å². The number of halogens is 1. The SMILES string of the molecule is CCc1nn(CC)c(CC(CNC)C(C)(C)C)c1Cl. The molecule has 0 radical (unpaired) electrons. The maximum Gasteiger partial charge on any atom is 0.0849 e. The molecule has 1 aromatic rings. The van der Waals surface area contributed by atoms with Crippen LogP contribution in [0.3, 0.4) is 0 Å². The largest absolute Gasteiger partial charge is 0.319 e. The molecule has 1 rings (SSSR count).